The molecule has 1 heterocycles. The average molecular weight is 607 g/mol. The lowest BCUT2D eigenvalue weighted by Crippen LogP contribution is -2.46. The van der Waals surface area contributed by atoms with Crippen molar-refractivity contribution in [3.63, 3.8) is 0 Å². The van der Waals surface area contributed by atoms with Crippen LogP contribution in [0.3, 0.4) is 0 Å². The van der Waals surface area contributed by atoms with Gasteiger partial charge in [0.1, 0.15) is 5.82 Å². The number of sulfonamides is 1. The number of allylic oxidation sites excluding steroid dienone is 3. The van der Waals surface area contributed by atoms with E-state index in [0.29, 0.717) is 22.8 Å². The molecular formula is C29H30F4N4O4S. The Hall–Kier alpha value is -3.68. The molecule has 1 amide bonds. The summed E-state index contributed by atoms with van der Waals surface area (Å²) in [5.74, 6) is -2.57. The topological polar surface area (TPSA) is 116 Å². The van der Waals surface area contributed by atoms with Gasteiger partial charge in [-0.15, -0.1) is 0 Å². The Balaban J connectivity index is 1.45. The van der Waals surface area contributed by atoms with Crippen LogP contribution in [0.1, 0.15) is 35.7 Å². The highest BCUT2D eigenvalue weighted by atomic mass is 32.2. The lowest BCUT2D eigenvalue weighted by atomic mass is 9.80. The fourth-order valence-corrected chi connectivity index (χ4v) is 7.53. The average Bonchev–Trinajstić information content (AvgIpc) is 3.53. The summed E-state index contributed by atoms with van der Waals surface area (Å²) in [7, 11) is -4.43. The number of nitrogens with zero attached hydrogens (tertiary/aromatic N) is 2. The number of rotatable bonds is 9. The van der Waals surface area contributed by atoms with E-state index in [-0.39, 0.29) is 29.4 Å². The summed E-state index contributed by atoms with van der Waals surface area (Å²) in [4.78, 5) is 11.9. The first-order valence-corrected chi connectivity index (χ1v) is 14.9. The van der Waals surface area contributed by atoms with E-state index in [0.717, 1.165) is 22.4 Å². The molecule has 1 aliphatic heterocycles. The molecule has 0 saturated heterocycles. The lowest BCUT2D eigenvalue weighted by molar-refractivity contribution is -0.205. The van der Waals surface area contributed by atoms with Gasteiger partial charge >= 0.3 is 6.18 Å². The maximum absolute atomic E-state index is 13.6. The summed E-state index contributed by atoms with van der Waals surface area (Å²) in [6, 6.07) is 11.7. The lowest BCUT2D eigenvalue weighted by Gasteiger charge is -2.33. The first-order chi connectivity index (χ1) is 19.8. The van der Waals surface area contributed by atoms with Gasteiger partial charge in [0.25, 0.3) is 0 Å². The number of hydrazine groups is 1. The Kier molecular flexibility index (Phi) is 7.94. The molecule has 42 heavy (non-hydrogen) atoms. The number of alkyl halides is 3. The number of benzene rings is 2. The Morgan fingerprint density at radius 2 is 1.88 bits per heavy atom. The van der Waals surface area contributed by atoms with Gasteiger partial charge in [0, 0.05) is 36.3 Å². The van der Waals surface area contributed by atoms with Crippen molar-refractivity contribution in [3.8, 4) is 0 Å². The van der Waals surface area contributed by atoms with Crippen molar-refractivity contribution >= 4 is 21.6 Å². The van der Waals surface area contributed by atoms with Gasteiger partial charge in [0.2, 0.25) is 15.9 Å². The highest BCUT2D eigenvalue weighted by molar-refractivity contribution is 7.88. The fourth-order valence-electron chi connectivity index (χ4n) is 5.92. The second-order valence-electron chi connectivity index (χ2n) is 10.7. The number of anilines is 1. The molecule has 8 nitrogen and oxygen atoms in total. The second kappa shape index (κ2) is 11.2. The number of primary amides is 1. The fraction of sp³-hybridized carbons (Fsp3) is 0.345. The van der Waals surface area contributed by atoms with Crippen LogP contribution in [0, 0.1) is 17.7 Å². The predicted octanol–water partition coefficient (Wildman–Crippen LogP) is 4.13. The number of halogens is 4. The van der Waals surface area contributed by atoms with Gasteiger partial charge in [-0.1, -0.05) is 30.7 Å². The number of aliphatic hydroxyl groups excluding tert-OH is 1. The van der Waals surface area contributed by atoms with E-state index in [9.17, 15) is 35.9 Å². The molecule has 0 saturated carbocycles. The van der Waals surface area contributed by atoms with Crippen LogP contribution in [0.2, 0.25) is 0 Å². The number of amides is 1. The summed E-state index contributed by atoms with van der Waals surface area (Å²) >= 11 is 0. The molecule has 0 radical (unpaired) electrons. The van der Waals surface area contributed by atoms with E-state index in [4.69, 9.17) is 5.73 Å². The molecule has 2 aromatic rings. The largest absolute Gasteiger partial charge is 0.415 e. The van der Waals surface area contributed by atoms with Gasteiger partial charge in [-0.2, -0.15) is 17.5 Å². The summed E-state index contributed by atoms with van der Waals surface area (Å²) in [6.07, 6.45) is -3.06. The highest BCUT2D eigenvalue weighted by Gasteiger charge is 2.44. The van der Waals surface area contributed by atoms with E-state index in [1.165, 1.54) is 36.4 Å². The third kappa shape index (κ3) is 5.81. The Morgan fingerprint density at radius 3 is 2.55 bits per heavy atom. The maximum atomic E-state index is 13.6. The predicted molar refractivity (Wildman–Crippen MR) is 148 cm³/mol. The van der Waals surface area contributed by atoms with E-state index in [1.807, 2.05) is 24.2 Å². The van der Waals surface area contributed by atoms with Crippen molar-refractivity contribution in [1.29, 1.82) is 0 Å². The highest BCUT2D eigenvalue weighted by Crippen LogP contribution is 2.48. The minimum Gasteiger partial charge on any atom is -0.382 e. The van der Waals surface area contributed by atoms with Crippen LogP contribution in [0.5, 0.6) is 0 Å². The summed E-state index contributed by atoms with van der Waals surface area (Å²) < 4.78 is 81.5. The van der Waals surface area contributed by atoms with Gasteiger partial charge in [-0.05, 0) is 66.3 Å². The van der Waals surface area contributed by atoms with Crippen molar-refractivity contribution in [2.24, 2.45) is 17.6 Å². The third-order valence-corrected chi connectivity index (χ3v) is 9.74. The molecular weight excluding hydrogens is 576 g/mol. The number of hydrogen-bond acceptors (Lipinski definition) is 6. The molecule has 0 bridgehead atoms. The molecule has 4 N–H and O–H groups in total. The minimum absolute atomic E-state index is 0.0480. The van der Waals surface area contributed by atoms with E-state index >= 15 is 0 Å². The third-order valence-electron chi connectivity index (χ3n) is 7.98. The minimum atomic E-state index is -5.03. The molecule has 3 aliphatic rings. The number of hydrogen-bond donors (Lipinski definition) is 3. The van der Waals surface area contributed by atoms with Gasteiger partial charge in [0.05, 0.1) is 17.1 Å². The first-order valence-electron chi connectivity index (χ1n) is 13.3. The second-order valence-corrected chi connectivity index (χ2v) is 12.6. The number of aliphatic hydroxyl groups is 1. The standard InChI is InChI=1S/C29H30F4N4O4S/c1-17-24-13-35-37(22-10-8-21(30)9-11-22)25(24)12-18-6-7-19(27(17)18)14-36(15-26(38)29(31,32)33)42(40,41)16-20-4-2-3-5-23(20)28(34)39/h2-5,8-13,17,19,26,35,38H,6-7,14-16H2,1H3,(H2,34,39)/t17-,19+,26?/m0/s1. The van der Waals surface area contributed by atoms with Crippen LogP contribution in [0.15, 0.2) is 83.2 Å². The van der Waals surface area contributed by atoms with Crippen molar-refractivity contribution in [2.75, 3.05) is 18.1 Å². The summed E-state index contributed by atoms with van der Waals surface area (Å²) in [5.41, 5.74) is 12.9. The molecule has 2 aliphatic carbocycles. The number of carbonyl (C=O) groups is 1. The van der Waals surface area contributed by atoms with Gasteiger partial charge < -0.3 is 16.3 Å². The normalized spacial score (nSPS) is 21.1. The summed E-state index contributed by atoms with van der Waals surface area (Å²) in [5, 5.41) is 11.7. The number of carbonyl (C=O) groups excluding carboxylic acids is 1. The van der Waals surface area contributed by atoms with Crippen molar-refractivity contribution in [2.45, 2.75) is 37.8 Å². The van der Waals surface area contributed by atoms with Crippen LogP contribution in [-0.4, -0.2) is 49.1 Å². The molecule has 3 atom stereocenters. The van der Waals surface area contributed by atoms with Crippen LogP contribution < -0.4 is 16.2 Å². The maximum Gasteiger partial charge on any atom is 0.415 e. The molecule has 0 aromatic heterocycles. The number of fused-ring (bicyclic) bond motifs is 1. The SMILES string of the molecule is C[C@H]1C2=CNN(c3ccc(F)cc3)C2=CC2=C1[C@@H](CN(CC(O)C(F)(F)F)S(=O)(=O)Cc1ccccc1C(N)=O)CC2. The van der Waals surface area contributed by atoms with Crippen molar-refractivity contribution in [3.05, 3.63) is 100 Å². The van der Waals surface area contributed by atoms with Gasteiger partial charge in [0.15, 0.2) is 6.10 Å². The molecule has 0 spiro atoms. The number of nitrogens with two attached hydrogens (primary N) is 1. The number of nitrogens with one attached hydrogen (secondary N) is 1. The Bertz CT molecular complexity index is 1590. The van der Waals surface area contributed by atoms with Gasteiger partial charge in [-0.3, -0.25) is 9.80 Å². The van der Waals surface area contributed by atoms with Crippen LogP contribution in [0.25, 0.3) is 0 Å². The Labute approximate surface area is 240 Å². The molecule has 1 unspecified atom stereocenters. The van der Waals surface area contributed by atoms with E-state index in [2.05, 4.69) is 5.43 Å². The molecule has 0 fully saturated rings. The monoisotopic (exact) mass is 606 g/mol. The summed E-state index contributed by atoms with van der Waals surface area (Å²) in [6.45, 7) is 0.500. The van der Waals surface area contributed by atoms with E-state index in [1.54, 1.807) is 12.1 Å². The van der Waals surface area contributed by atoms with Crippen LogP contribution in [0.4, 0.5) is 23.2 Å². The zero-order chi connectivity index (χ0) is 30.4. The molecule has 5 rings (SSSR count). The van der Waals surface area contributed by atoms with Crippen LogP contribution >= 0.6 is 0 Å². The molecule has 13 heteroatoms. The smallest absolute Gasteiger partial charge is 0.382 e. The Morgan fingerprint density at radius 1 is 1.19 bits per heavy atom. The van der Waals surface area contributed by atoms with Crippen molar-refractivity contribution in [1.82, 2.24) is 9.73 Å². The van der Waals surface area contributed by atoms with Crippen LogP contribution in [-0.2, 0) is 15.8 Å². The van der Waals surface area contributed by atoms with Crippen molar-refractivity contribution < 1.29 is 35.9 Å². The molecule has 224 valence electrons. The quantitative estimate of drug-likeness (QED) is 0.370. The van der Waals surface area contributed by atoms with Gasteiger partial charge in [-0.25, -0.2) is 12.8 Å². The first kappa shape index (κ1) is 29.8. The molecule has 2 aromatic carbocycles. The zero-order valence-corrected chi connectivity index (χ0v) is 23.4. The zero-order valence-electron chi connectivity index (χ0n) is 22.6. The van der Waals surface area contributed by atoms with E-state index < -0.39 is 46.4 Å².